The van der Waals surface area contributed by atoms with Gasteiger partial charge in [-0.25, -0.2) is 0 Å². The van der Waals surface area contributed by atoms with Gasteiger partial charge in [-0.05, 0) is 55.4 Å². The van der Waals surface area contributed by atoms with E-state index >= 15 is 0 Å². The molecule has 0 aliphatic heterocycles. The minimum atomic E-state index is -0.648. The molecule has 3 rings (SSSR count). The SMILES string of the molecule is CC(=O)C(=O)CC(=O)c1ccc(OC2CC3CC3C2)cc1. The zero-order valence-corrected chi connectivity index (χ0v) is 12.0. The van der Waals surface area contributed by atoms with Gasteiger partial charge in [0.1, 0.15) is 5.75 Å². The fourth-order valence-electron chi connectivity index (χ4n) is 3.04. The maximum atomic E-state index is 11.9. The molecule has 2 fully saturated rings. The smallest absolute Gasteiger partial charge is 0.205 e. The van der Waals surface area contributed by atoms with Crippen molar-refractivity contribution in [3.8, 4) is 5.75 Å². The summed E-state index contributed by atoms with van der Waals surface area (Å²) < 4.78 is 5.90. The van der Waals surface area contributed by atoms with Gasteiger partial charge in [0.15, 0.2) is 11.6 Å². The fourth-order valence-corrected chi connectivity index (χ4v) is 3.04. The van der Waals surface area contributed by atoms with Crippen LogP contribution < -0.4 is 4.74 Å². The number of carbonyl (C=O) groups is 3. The Morgan fingerprint density at radius 1 is 1.05 bits per heavy atom. The van der Waals surface area contributed by atoms with Crippen LogP contribution in [0.25, 0.3) is 0 Å². The first-order valence-electron chi connectivity index (χ1n) is 7.36. The lowest BCUT2D eigenvalue weighted by molar-refractivity contribution is -0.134. The molecule has 110 valence electrons. The topological polar surface area (TPSA) is 60.4 Å². The molecule has 2 aliphatic rings. The van der Waals surface area contributed by atoms with E-state index in [0.29, 0.717) is 11.7 Å². The van der Waals surface area contributed by atoms with Crippen LogP contribution in [0.15, 0.2) is 24.3 Å². The molecule has 2 unspecified atom stereocenters. The highest BCUT2D eigenvalue weighted by molar-refractivity contribution is 6.40. The van der Waals surface area contributed by atoms with E-state index < -0.39 is 11.6 Å². The zero-order chi connectivity index (χ0) is 15.0. The number of ketones is 3. The summed E-state index contributed by atoms with van der Waals surface area (Å²) in [5.74, 6) is 0.940. The van der Waals surface area contributed by atoms with Crippen LogP contribution in [-0.4, -0.2) is 23.5 Å². The van der Waals surface area contributed by atoms with Crippen molar-refractivity contribution in [1.82, 2.24) is 0 Å². The maximum Gasteiger partial charge on any atom is 0.205 e. The van der Waals surface area contributed by atoms with Gasteiger partial charge in [0.2, 0.25) is 5.78 Å². The van der Waals surface area contributed by atoms with Crippen LogP contribution in [0.1, 0.15) is 43.0 Å². The number of benzene rings is 1. The second kappa shape index (κ2) is 5.43. The Balaban J connectivity index is 1.57. The summed E-state index contributed by atoms with van der Waals surface area (Å²) in [5.41, 5.74) is 0.436. The molecule has 0 saturated heterocycles. The van der Waals surface area contributed by atoms with Crippen LogP contribution in [0, 0.1) is 11.8 Å². The summed E-state index contributed by atoms with van der Waals surface area (Å²) in [6.45, 7) is 1.18. The molecule has 0 N–H and O–H groups in total. The predicted octanol–water partition coefficient (Wildman–Crippen LogP) is 2.59. The average Bonchev–Trinajstić information content (AvgIpc) is 3.06. The van der Waals surface area contributed by atoms with Crippen molar-refractivity contribution in [3.05, 3.63) is 29.8 Å². The first-order valence-corrected chi connectivity index (χ1v) is 7.36. The van der Waals surface area contributed by atoms with Crippen LogP contribution in [0.5, 0.6) is 5.75 Å². The van der Waals surface area contributed by atoms with E-state index in [1.54, 1.807) is 24.3 Å². The molecule has 4 heteroatoms. The summed E-state index contributed by atoms with van der Waals surface area (Å²) in [4.78, 5) is 34.0. The third-order valence-corrected chi connectivity index (χ3v) is 4.39. The second-order valence-electron chi connectivity index (χ2n) is 6.07. The minimum Gasteiger partial charge on any atom is -0.490 e. The van der Waals surface area contributed by atoms with Crippen molar-refractivity contribution < 1.29 is 19.1 Å². The number of Topliss-reactive ketones (excluding diaryl/α,β-unsaturated/α-hetero) is 3. The molecular weight excluding hydrogens is 268 g/mol. The molecule has 2 saturated carbocycles. The normalized spacial score (nSPS) is 26.0. The third kappa shape index (κ3) is 3.20. The Morgan fingerprint density at radius 2 is 1.67 bits per heavy atom. The Hall–Kier alpha value is -1.97. The van der Waals surface area contributed by atoms with Crippen molar-refractivity contribution in [2.24, 2.45) is 11.8 Å². The van der Waals surface area contributed by atoms with E-state index in [9.17, 15) is 14.4 Å². The van der Waals surface area contributed by atoms with Crippen molar-refractivity contribution in [2.75, 3.05) is 0 Å². The molecule has 4 nitrogen and oxygen atoms in total. The van der Waals surface area contributed by atoms with Gasteiger partial charge >= 0.3 is 0 Å². The summed E-state index contributed by atoms with van der Waals surface area (Å²) >= 11 is 0. The highest BCUT2D eigenvalue weighted by Crippen LogP contribution is 2.52. The monoisotopic (exact) mass is 286 g/mol. The molecule has 0 bridgehead atoms. The van der Waals surface area contributed by atoms with Gasteiger partial charge in [-0.3, -0.25) is 14.4 Å². The molecule has 1 aromatic carbocycles. The number of ether oxygens (including phenoxy) is 1. The van der Waals surface area contributed by atoms with Crippen molar-refractivity contribution in [1.29, 1.82) is 0 Å². The number of rotatable bonds is 6. The standard InChI is InChI=1S/C17H18O4/c1-10(18)16(19)9-17(20)11-2-4-14(5-3-11)21-15-7-12-6-13(12)8-15/h2-5,12-13,15H,6-9H2,1H3. The Kier molecular flexibility index (Phi) is 3.62. The minimum absolute atomic E-state index is 0.301. The van der Waals surface area contributed by atoms with Crippen molar-refractivity contribution >= 4 is 17.3 Å². The Labute approximate surface area is 123 Å². The van der Waals surface area contributed by atoms with Gasteiger partial charge in [0.05, 0.1) is 12.5 Å². The predicted molar refractivity (Wildman–Crippen MR) is 76.3 cm³/mol. The highest BCUT2D eigenvalue weighted by Gasteiger charge is 2.46. The largest absolute Gasteiger partial charge is 0.490 e. The summed E-state index contributed by atoms with van der Waals surface area (Å²) in [5, 5.41) is 0. The average molecular weight is 286 g/mol. The summed E-state index contributed by atoms with van der Waals surface area (Å²) in [6, 6.07) is 6.83. The molecule has 21 heavy (non-hydrogen) atoms. The lowest BCUT2D eigenvalue weighted by Gasteiger charge is -2.15. The Bertz CT molecular complexity index is 577. The van der Waals surface area contributed by atoms with Gasteiger partial charge in [-0.2, -0.15) is 0 Å². The number of carbonyl (C=O) groups excluding carboxylic acids is 3. The molecule has 2 aliphatic carbocycles. The van der Waals surface area contributed by atoms with Crippen LogP contribution in [0.2, 0.25) is 0 Å². The molecule has 2 atom stereocenters. The van der Waals surface area contributed by atoms with Gasteiger partial charge < -0.3 is 4.74 Å². The van der Waals surface area contributed by atoms with Gasteiger partial charge in [0.25, 0.3) is 0 Å². The lowest BCUT2D eigenvalue weighted by Crippen LogP contribution is -2.15. The van der Waals surface area contributed by atoms with E-state index in [1.165, 1.54) is 13.3 Å². The molecule has 0 aromatic heterocycles. The van der Waals surface area contributed by atoms with Crippen molar-refractivity contribution in [2.45, 2.75) is 38.7 Å². The van der Waals surface area contributed by atoms with Crippen LogP contribution >= 0.6 is 0 Å². The number of hydrogen-bond donors (Lipinski definition) is 0. The zero-order valence-electron chi connectivity index (χ0n) is 12.0. The third-order valence-electron chi connectivity index (χ3n) is 4.39. The first kappa shape index (κ1) is 14.0. The van der Waals surface area contributed by atoms with Crippen LogP contribution in [0.3, 0.4) is 0 Å². The second-order valence-corrected chi connectivity index (χ2v) is 6.07. The first-order chi connectivity index (χ1) is 10.0. The molecule has 0 spiro atoms. The van der Waals surface area contributed by atoms with Gasteiger partial charge in [-0.15, -0.1) is 0 Å². The quantitative estimate of drug-likeness (QED) is 0.458. The molecule has 0 amide bonds. The van der Waals surface area contributed by atoms with E-state index in [2.05, 4.69) is 0 Å². The highest BCUT2D eigenvalue weighted by atomic mass is 16.5. The summed E-state index contributed by atoms with van der Waals surface area (Å²) in [6.07, 6.45) is 3.57. The van der Waals surface area contributed by atoms with Gasteiger partial charge in [0, 0.05) is 12.5 Å². The molecule has 0 radical (unpaired) electrons. The van der Waals surface area contributed by atoms with E-state index in [1.807, 2.05) is 0 Å². The number of fused-ring (bicyclic) bond motifs is 1. The van der Waals surface area contributed by atoms with Crippen LogP contribution in [0.4, 0.5) is 0 Å². The van der Waals surface area contributed by atoms with Crippen LogP contribution in [-0.2, 0) is 9.59 Å². The van der Waals surface area contributed by atoms with Crippen molar-refractivity contribution in [3.63, 3.8) is 0 Å². The Morgan fingerprint density at radius 3 is 2.24 bits per heavy atom. The summed E-state index contributed by atoms with van der Waals surface area (Å²) in [7, 11) is 0. The fraction of sp³-hybridized carbons (Fsp3) is 0.471. The number of hydrogen-bond acceptors (Lipinski definition) is 4. The molecule has 0 heterocycles. The van der Waals surface area contributed by atoms with E-state index in [-0.39, 0.29) is 12.2 Å². The lowest BCUT2D eigenvalue weighted by atomic mass is 10.0. The van der Waals surface area contributed by atoms with E-state index in [4.69, 9.17) is 4.74 Å². The molecular formula is C17H18O4. The van der Waals surface area contributed by atoms with E-state index in [0.717, 1.165) is 30.4 Å². The maximum absolute atomic E-state index is 11.9. The molecule has 1 aromatic rings. The van der Waals surface area contributed by atoms with Gasteiger partial charge in [-0.1, -0.05) is 0 Å².